The number of carbonyl (C=O) groups is 2. The molecule has 1 aromatic rings. The molecule has 0 spiro atoms. The van der Waals surface area contributed by atoms with Crippen LogP contribution in [-0.4, -0.2) is 24.5 Å². The molecule has 0 heterocycles. The molecule has 0 unspecified atom stereocenters. The highest BCUT2D eigenvalue weighted by Crippen LogP contribution is 2.22. The van der Waals surface area contributed by atoms with Crippen LogP contribution in [0.25, 0.3) is 0 Å². The van der Waals surface area contributed by atoms with Crippen molar-refractivity contribution in [2.75, 3.05) is 6.61 Å². The third-order valence-corrected chi connectivity index (χ3v) is 2.66. The van der Waals surface area contributed by atoms with Gasteiger partial charge in [-0.1, -0.05) is 5.92 Å². The van der Waals surface area contributed by atoms with E-state index in [0.717, 1.165) is 12.1 Å². The lowest BCUT2D eigenvalue weighted by Gasteiger charge is -2.22. The van der Waals surface area contributed by atoms with Crippen molar-refractivity contribution in [3.63, 3.8) is 0 Å². The fourth-order valence-electron chi connectivity index (χ4n) is 1.87. The predicted octanol–water partition coefficient (Wildman–Crippen LogP) is 1.75. The minimum Gasteiger partial charge on any atom is -0.464 e. The third kappa shape index (κ3) is 4.56. The molecule has 0 fully saturated rings. The summed E-state index contributed by atoms with van der Waals surface area (Å²) < 4.78 is 31.4. The van der Waals surface area contributed by atoms with Crippen molar-refractivity contribution < 1.29 is 23.1 Å². The van der Waals surface area contributed by atoms with Gasteiger partial charge in [-0.05, 0) is 24.6 Å². The molecule has 0 saturated heterocycles. The van der Waals surface area contributed by atoms with Crippen LogP contribution in [0.15, 0.2) is 18.2 Å². The lowest BCUT2D eigenvalue weighted by molar-refractivity contribution is -0.147. The van der Waals surface area contributed by atoms with Crippen molar-refractivity contribution in [3.8, 4) is 12.3 Å². The first-order valence-corrected chi connectivity index (χ1v) is 6.24. The molecule has 112 valence electrons. The first-order chi connectivity index (χ1) is 9.88. The Morgan fingerprint density at radius 2 is 1.90 bits per heavy atom. The first kappa shape index (κ1) is 16.6. The SMILES string of the molecule is C#C[C@@H](c1cc(F)cc(F)c1)[C@H](NC(C)=O)C(=O)OCC. The lowest BCUT2D eigenvalue weighted by Crippen LogP contribution is -2.44. The maximum atomic E-state index is 13.3. The maximum absolute atomic E-state index is 13.3. The number of esters is 1. The van der Waals surface area contributed by atoms with E-state index in [4.69, 9.17) is 11.2 Å². The highest BCUT2D eigenvalue weighted by atomic mass is 19.1. The molecule has 1 rings (SSSR count). The Balaban J connectivity index is 3.20. The monoisotopic (exact) mass is 295 g/mol. The van der Waals surface area contributed by atoms with Crippen LogP contribution in [0.5, 0.6) is 0 Å². The van der Waals surface area contributed by atoms with E-state index in [1.54, 1.807) is 6.92 Å². The van der Waals surface area contributed by atoms with Crippen LogP contribution in [0.1, 0.15) is 25.3 Å². The molecule has 21 heavy (non-hydrogen) atoms. The molecule has 0 aliphatic rings. The molecule has 0 aromatic heterocycles. The van der Waals surface area contributed by atoms with Crippen LogP contribution in [0.3, 0.4) is 0 Å². The number of benzene rings is 1. The Morgan fingerprint density at radius 3 is 2.33 bits per heavy atom. The number of rotatable bonds is 5. The van der Waals surface area contributed by atoms with Gasteiger partial charge in [0.05, 0.1) is 12.5 Å². The first-order valence-electron chi connectivity index (χ1n) is 6.24. The van der Waals surface area contributed by atoms with Crippen molar-refractivity contribution in [1.29, 1.82) is 0 Å². The zero-order chi connectivity index (χ0) is 16.0. The number of amides is 1. The summed E-state index contributed by atoms with van der Waals surface area (Å²) in [6.07, 6.45) is 5.36. The summed E-state index contributed by atoms with van der Waals surface area (Å²) >= 11 is 0. The molecule has 4 nitrogen and oxygen atoms in total. The zero-order valence-electron chi connectivity index (χ0n) is 11.7. The number of halogens is 2. The molecule has 0 aliphatic heterocycles. The number of carbonyl (C=O) groups excluding carboxylic acids is 2. The topological polar surface area (TPSA) is 55.4 Å². The smallest absolute Gasteiger partial charge is 0.330 e. The average molecular weight is 295 g/mol. The Bertz CT molecular complexity index is 561. The number of hydrogen-bond donors (Lipinski definition) is 1. The van der Waals surface area contributed by atoms with E-state index in [1.165, 1.54) is 6.92 Å². The highest BCUT2D eigenvalue weighted by molar-refractivity contribution is 5.84. The van der Waals surface area contributed by atoms with Gasteiger partial charge in [0.15, 0.2) is 0 Å². The summed E-state index contributed by atoms with van der Waals surface area (Å²) in [5.41, 5.74) is 0.0711. The van der Waals surface area contributed by atoms with E-state index in [1.807, 2.05) is 0 Å². The molecular formula is C15H15F2NO3. The quantitative estimate of drug-likeness (QED) is 0.665. The van der Waals surface area contributed by atoms with Crippen LogP contribution in [-0.2, 0) is 14.3 Å². The second-order valence-electron chi connectivity index (χ2n) is 4.28. The summed E-state index contributed by atoms with van der Waals surface area (Å²) in [7, 11) is 0. The molecule has 0 radical (unpaired) electrons. The summed E-state index contributed by atoms with van der Waals surface area (Å²) in [5, 5.41) is 2.35. The average Bonchev–Trinajstić information content (AvgIpc) is 2.37. The highest BCUT2D eigenvalue weighted by Gasteiger charge is 2.31. The zero-order valence-corrected chi connectivity index (χ0v) is 11.7. The number of nitrogens with one attached hydrogen (secondary N) is 1. The van der Waals surface area contributed by atoms with Gasteiger partial charge in [-0.25, -0.2) is 13.6 Å². The van der Waals surface area contributed by atoms with Gasteiger partial charge < -0.3 is 10.1 Å². The summed E-state index contributed by atoms with van der Waals surface area (Å²) in [6.45, 7) is 2.88. The van der Waals surface area contributed by atoms with Crippen molar-refractivity contribution >= 4 is 11.9 Å². The van der Waals surface area contributed by atoms with Crippen molar-refractivity contribution in [2.45, 2.75) is 25.8 Å². The molecule has 0 bridgehead atoms. The molecular weight excluding hydrogens is 280 g/mol. The van der Waals surface area contributed by atoms with Crippen LogP contribution < -0.4 is 5.32 Å². The maximum Gasteiger partial charge on any atom is 0.330 e. The minimum atomic E-state index is -1.21. The largest absolute Gasteiger partial charge is 0.464 e. The van der Waals surface area contributed by atoms with E-state index in [2.05, 4.69) is 11.2 Å². The minimum absolute atomic E-state index is 0.0711. The summed E-state index contributed by atoms with van der Waals surface area (Å²) in [5.74, 6) is -1.69. The van der Waals surface area contributed by atoms with E-state index in [9.17, 15) is 18.4 Å². The Labute approximate surface area is 121 Å². The Morgan fingerprint density at radius 1 is 1.33 bits per heavy atom. The van der Waals surface area contributed by atoms with Crippen LogP contribution >= 0.6 is 0 Å². The molecule has 1 aromatic carbocycles. The molecule has 6 heteroatoms. The van der Waals surface area contributed by atoms with Crippen molar-refractivity contribution in [2.24, 2.45) is 0 Å². The molecule has 1 N–H and O–H groups in total. The summed E-state index contributed by atoms with van der Waals surface area (Å²) in [6, 6.07) is 1.51. The van der Waals surface area contributed by atoms with E-state index in [0.29, 0.717) is 6.07 Å². The van der Waals surface area contributed by atoms with Gasteiger partial charge in [0.25, 0.3) is 0 Å². The van der Waals surface area contributed by atoms with Crippen molar-refractivity contribution in [1.82, 2.24) is 5.32 Å². The van der Waals surface area contributed by atoms with Gasteiger partial charge in [-0.3, -0.25) is 4.79 Å². The fraction of sp³-hybridized carbons (Fsp3) is 0.333. The van der Waals surface area contributed by atoms with E-state index >= 15 is 0 Å². The standard InChI is InChI=1S/C15H15F2NO3/c1-4-13(10-6-11(16)8-12(17)7-10)14(18-9(3)19)15(20)21-5-2/h1,6-8,13-14H,5H2,2-3H3,(H,18,19)/t13-,14-/m0/s1. The van der Waals surface area contributed by atoms with E-state index in [-0.39, 0.29) is 12.2 Å². The van der Waals surface area contributed by atoms with E-state index < -0.39 is 35.5 Å². The second kappa shape index (κ2) is 7.39. The van der Waals surface area contributed by atoms with Gasteiger partial charge >= 0.3 is 5.97 Å². The van der Waals surface area contributed by atoms with Crippen LogP contribution in [0, 0.1) is 24.0 Å². The Kier molecular flexibility index (Phi) is 5.85. The third-order valence-electron chi connectivity index (χ3n) is 2.66. The molecule has 0 saturated carbocycles. The van der Waals surface area contributed by atoms with Gasteiger partial charge in [-0.2, -0.15) is 0 Å². The van der Waals surface area contributed by atoms with Gasteiger partial charge in [0.1, 0.15) is 17.7 Å². The van der Waals surface area contributed by atoms with Crippen LogP contribution in [0.4, 0.5) is 8.78 Å². The molecule has 0 aliphatic carbocycles. The van der Waals surface area contributed by atoms with Gasteiger partial charge in [0, 0.05) is 13.0 Å². The number of hydrogen-bond acceptors (Lipinski definition) is 3. The van der Waals surface area contributed by atoms with Gasteiger partial charge in [0.2, 0.25) is 5.91 Å². The van der Waals surface area contributed by atoms with Gasteiger partial charge in [-0.15, -0.1) is 6.42 Å². The summed E-state index contributed by atoms with van der Waals surface area (Å²) in [4.78, 5) is 23.1. The van der Waals surface area contributed by atoms with Crippen molar-refractivity contribution in [3.05, 3.63) is 35.4 Å². The lowest BCUT2D eigenvalue weighted by atomic mass is 9.91. The fourth-order valence-corrected chi connectivity index (χ4v) is 1.87. The predicted molar refractivity (Wildman–Crippen MR) is 72.2 cm³/mol. The normalized spacial score (nSPS) is 12.9. The van der Waals surface area contributed by atoms with Crippen LogP contribution in [0.2, 0.25) is 0 Å². The second-order valence-corrected chi connectivity index (χ2v) is 4.28. The molecule has 2 atom stereocenters. The molecule has 1 amide bonds. The number of ether oxygens (including phenoxy) is 1. The number of terminal acetylenes is 1. The Hall–Kier alpha value is -2.42.